The first-order valence-corrected chi connectivity index (χ1v) is 6.40. The molecule has 94 valence electrons. The third-order valence-corrected chi connectivity index (χ3v) is 3.77. The highest BCUT2D eigenvalue weighted by Gasteiger charge is 2.22. The molecule has 0 aromatic heterocycles. The average molecular weight is 304 g/mol. The fourth-order valence-electron chi connectivity index (χ4n) is 2.19. The van der Waals surface area contributed by atoms with Crippen molar-refractivity contribution in [3.8, 4) is 11.5 Å². The van der Waals surface area contributed by atoms with Crippen LogP contribution in [0, 0.1) is 5.82 Å². The summed E-state index contributed by atoms with van der Waals surface area (Å²) in [5.74, 6) is -0.741. The molecule has 1 atom stereocenters. The standard InChI is InChI=1S/C12H15BrFNO2/c1-17-12-10(16)6-9(13)8(11(12)14)5-7-3-2-4-15-7/h6-7,15-16H,2-5H2,1H3. The molecule has 0 aliphatic carbocycles. The Morgan fingerprint density at radius 3 is 3.00 bits per heavy atom. The maximum absolute atomic E-state index is 14.1. The molecule has 0 spiro atoms. The molecule has 1 saturated heterocycles. The molecule has 1 aliphatic heterocycles. The number of benzene rings is 1. The number of halogens is 2. The van der Waals surface area contributed by atoms with Crippen LogP contribution in [-0.4, -0.2) is 24.8 Å². The van der Waals surface area contributed by atoms with Gasteiger partial charge in [0.2, 0.25) is 0 Å². The van der Waals surface area contributed by atoms with E-state index in [0.717, 1.165) is 19.4 Å². The number of methoxy groups -OCH3 is 1. The van der Waals surface area contributed by atoms with E-state index < -0.39 is 5.82 Å². The van der Waals surface area contributed by atoms with E-state index in [1.165, 1.54) is 13.2 Å². The van der Waals surface area contributed by atoms with E-state index >= 15 is 0 Å². The molecule has 1 fully saturated rings. The lowest BCUT2D eigenvalue weighted by Crippen LogP contribution is -2.24. The molecule has 1 aliphatic rings. The van der Waals surface area contributed by atoms with Gasteiger partial charge < -0.3 is 15.2 Å². The van der Waals surface area contributed by atoms with E-state index in [9.17, 15) is 9.50 Å². The summed E-state index contributed by atoms with van der Waals surface area (Å²) in [7, 11) is 1.35. The van der Waals surface area contributed by atoms with E-state index in [2.05, 4.69) is 21.2 Å². The van der Waals surface area contributed by atoms with Crippen LogP contribution in [0.4, 0.5) is 4.39 Å². The highest BCUT2D eigenvalue weighted by molar-refractivity contribution is 9.10. The van der Waals surface area contributed by atoms with Crippen molar-refractivity contribution in [3.05, 3.63) is 21.9 Å². The van der Waals surface area contributed by atoms with Crippen LogP contribution in [0.2, 0.25) is 0 Å². The number of ether oxygens (including phenoxy) is 1. The van der Waals surface area contributed by atoms with Crippen molar-refractivity contribution < 1.29 is 14.2 Å². The van der Waals surface area contributed by atoms with Gasteiger partial charge in [-0.3, -0.25) is 0 Å². The molecule has 5 heteroatoms. The Morgan fingerprint density at radius 1 is 1.65 bits per heavy atom. The molecular weight excluding hydrogens is 289 g/mol. The van der Waals surface area contributed by atoms with Crippen LogP contribution in [-0.2, 0) is 6.42 Å². The van der Waals surface area contributed by atoms with Gasteiger partial charge in [0.05, 0.1) is 7.11 Å². The van der Waals surface area contributed by atoms with Crippen LogP contribution in [0.3, 0.4) is 0 Å². The predicted octanol–water partition coefficient (Wildman–Crippen LogP) is 2.60. The molecule has 0 saturated carbocycles. The van der Waals surface area contributed by atoms with Crippen LogP contribution < -0.4 is 10.1 Å². The predicted molar refractivity (Wildman–Crippen MR) is 67.0 cm³/mol. The second-order valence-corrected chi connectivity index (χ2v) is 5.06. The number of phenols is 1. The third-order valence-electron chi connectivity index (χ3n) is 3.07. The minimum Gasteiger partial charge on any atom is -0.504 e. The lowest BCUT2D eigenvalue weighted by atomic mass is 10.0. The number of aromatic hydroxyl groups is 1. The van der Waals surface area contributed by atoms with E-state index in [-0.39, 0.29) is 11.5 Å². The molecule has 1 aromatic rings. The molecular formula is C12H15BrFNO2. The minimum atomic E-state index is -0.479. The van der Waals surface area contributed by atoms with Gasteiger partial charge in [0, 0.05) is 16.1 Å². The third kappa shape index (κ3) is 2.55. The summed E-state index contributed by atoms with van der Waals surface area (Å²) in [6, 6.07) is 1.78. The van der Waals surface area contributed by atoms with Gasteiger partial charge in [-0.05, 0) is 31.9 Å². The number of phenolic OH excluding ortho intramolecular Hbond substituents is 1. The molecule has 17 heavy (non-hydrogen) atoms. The van der Waals surface area contributed by atoms with Gasteiger partial charge in [-0.25, -0.2) is 4.39 Å². The molecule has 0 radical (unpaired) electrons. The molecule has 2 N–H and O–H groups in total. The van der Waals surface area contributed by atoms with Crippen molar-refractivity contribution in [3.63, 3.8) is 0 Å². The lowest BCUT2D eigenvalue weighted by Gasteiger charge is -2.15. The lowest BCUT2D eigenvalue weighted by molar-refractivity contribution is 0.348. The summed E-state index contributed by atoms with van der Waals surface area (Å²) in [5.41, 5.74) is 0.555. The average Bonchev–Trinajstić information content (AvgIpc) is 2.77. The van der Waals surface area contributed by atoms with Gasteiger partial charge in [-0.2, -0.15) is 0 Å². The summed E-state index contributed by atoms with van der Waals surface area (Å²) < 4.78 is 19.6. The Balaban J connectivity index is 2.31. The monoisotopic (exact) mass is 303 g/mol. The first-order valence-electron chi connectivity index (χ1n) is 5.60. The van der Waals surface area contributed by atoms with Crippen molar-refractivity contribution >= 4 is 15.9 Å². The molecule has 2 rings (SSSR count). The number of hydrogen-bond acceptors (Lipinski definition) is 3. The maximum atomic E-state index is 14.1. The summed E-state index contributed by atoms with van der Waals surface area (Å²) in [6.45, 7) is 0.985. The topological polar surface area (TPSA) is 41.5 Å². The van der Waals surface area contributed by atoms with Gasteiger partial charge in [0.15, 0.2) is 17.3 Å². The van der Waals surface area contributed by atoms with Crippen LogP contribution >= 0.6 is 15.9 Å². The van der Waals surface area contributed by atoms with Crippen molar-refractivity contribution in [2.75, 3.05) is 13.7 Å². The normalized spacial score (nSPS) is 19.6. The van der Waals surface area contributed by atoms with E-state index in [4.69, 9.17) is 4.74 Å². The Kier molecular flexibility index (Phi) is 3.89. The van der Waals surface area contributed by atoms with E-state index in [0.29, 0.717) is 22.5 Å². The van der Waals surface area contributed by atoms with Gasteiger partial charge in [-0.15, -0.1) is 0 Å². The molecule has 3 nitrogen and oxygen atoms in total. The highest BCUT2D eigenvalue weighted by atomic mass is 79.9. The molecule has 0 bridgehead atoms. The minimum absolute atomic E-state index is 0.0822. The number of nitrogens with one attached hydrogen (secondary N) is 1. The molecule has 1 unspecified atom stereocenters. The van der Waals surface area contributed by atoms with Crippen molar-refractivity contribution in [1.29, 1.82) is 0 Å². The first-order chi connectivity index (χ1) is 8.13. The largest absolute Gasteiger partial charge is 0.504 e. The van der Waals surface area contributed by atoms with E-state index in [1.807, 2.05) is 0 Å². The molecule has 0 amide bonds. The van der Waals surface area contributed by atoms with Crippen molar-refractivity contribution in [2.24, 2.45) is 0 Å². The van der Waals surface area contributed by atoms with Crippen LogP contribution in [0.1, 0.15) is 18.4 Å². The van der Waals surface area contributed by atoms with Crippen LogP contribution in [0.5, 0.6) is 11.5 Å². The Morgan fingerprint density at radius 2 is 2.41 bits per heavy atom. The zero-order valence-electron chi connectivity index (χ0n) is 9.59. The molecule has 1 heterocycles. The quantitative estimate of drug-likeness (QED) is 0.902. The van der Waals surface area contributed by atoms with Crippen molar-refractivity contribution in [1.82, 2.24) is 5.32 Å². The van der Waals surface area contributed by atoms with Gasteiger partial charge in [-0.1, -0.05) is 15.9 Å². The van der Waals surface area contributed by atoms with Gasteiger partial charge in [0.25, 0.3) is 0 Å². The van der Waals surface area contributed by atoms with Gasteiger partial charge in [0.1, 0.15) is 0 Å². The summed E-state index contributed by atoms with van der Waals surface area (Å²) in [5, 5.41) is 12.9. The zero-order chi connectivity index (χ0) is 12.4. The second-order valence-electron chi connectivity index (χ2n) is 4.20. The zero-order valence-corrected chi connectivity index (χ0v) is 11.2. The van der Waals surface area contributed by atoms with Crippen molar-refractivity contribution in [2.45, 2.75) is 25.3 Å². The summed E-state index contributed by atoms with van der Waals surface area (Å²) in [4.78, 5) is 0. The highest BCUT2D eigenvalue weighted by Crippen LogP contribution is 2.37. The molecule has 1 aromatic carbocycles. The summed E-state index contributed by atoms with van der Waals surface area (Å²) >= 11 is 3.29. The smallest absolute Gasteiger partial charge is 0.196 e. The van der Waals surface area contributed by atoms with Crippen LogP contribution in [0.25, 0.3) is 0 Å². The van der Waals surface area contributed by atoms with Gasteiger partial charge >= 0.3 is 0 Å². The maximum Gasteiger partial charge on any atom is 0.196 e. The first kappa shape index (κ1) is 12.6. The Bertz CT molecular complexity index is 419. The summed E-state index contributed by atoms with van der Waals surface area (Å²) in [6.07, 6.45) is 2.78. The number of rotatable bonds is 3. The SMILES string of the molecule is COc1c(O)cc(Br)c(CC2CCCN2)c1F. The fraction of sp³-hybridized carbons (Fsp3) is 0.500. The number of hydrogen-bond donors (Lipinski definition) is 2. The fourth-order valence-corrected chi connectivity index (χ4v) is 2.74. The van der Waals surface area contributed by atoms with Crippen LogP contribution in [0.15, 0.2) is 10.5 Å². The van der Waals surface area contributed by atoms with E-state index in [1.54, 1.807) is 0 Å². The Labute approximate surface area is 108 Å². The second kappa shape index (κ2) is 5.23. The Hall–Kier alpha value is -0.810.